The maximum atomic E-state index is 12.3. The van der Waals surface area contributed by atoms with Gasteiger partial charge in [-0.1, -0.05) is 18.0 Å². The fourth-order valence-electron chi connectivity index (χ4n) is 4.12. The summed E-state index contributed by atoms with van der Waals surface area (Å²) in [4.78, 5) is 19.3. The van der Waals surface area contributed by atoms with Crippen LogP contribution in [0, 0.1) is 0 Å². The van der Waals surface area contributed by atoms with Crippen LogP contribution in [0.1, 0.15) is 48.0 Å². The third kappa shape index (κ3) is 3.76. The molecule has 1 aliphatic carbocycles. The van der Waals surface area contributed by atoms with Gasteiger partial charge in [-0.2, -0.15) is 0 Å². The molecule has 144 valence electrons. The minimum absolute atomic E-state index is 0.122. The second kappa shape index (κ2) is 8.03. The maximum Gasteiger partial charge on any atom is 0.164 e. The molecule has 0 spiro atoms. The number of halogens is 1. The number of benzene rings is 1. The minimum Gasteiger partial charge on any atom is -0.493 e. The van der Waals surface area contributed by atoms with Gasteiger partial charge in [-0.15, -0.1) is 0 Å². The SMILES string of the molecule is COc1cc2c3c(c(Cl)nc2cc1OCCCN1CCCCC1)CCC3=O. The molecule has 1 aromatic heterocycles. The number of hydrogen-bond acceptors (Lipinski definition) is 5. The Balaban J connectivity index is 1.52. The van der Waals surface area contributed by atoms with Gasteiger partial charge in [0.2, 0.25) is 0 Å². The molecule has 6 heteroatoms. The van der Waals surface area contributed by atoms with Crippen molar-refractivity contribution in [3.63, 3.8) is 0 Å². The number of Topliss-reactive ketones (excluding diaryl/α,β-unsaturated/α-hetero) is 1. The van der Waals surface area contributed by atoms with Gasteiger partial charge in [-0.25, -0.2) is 4.98 Å². The first-order chi connectivity index (χ1) is 13.2. The first-order valence-corrected chi connectivity index (χ1v) is 10.1. The van der Waals surface area contributed by atoms with Crippen molar-refractivity contribution >= 4 is 28.3 Å². The summed E-state index contributed by atoms with van der Waals surface area (Å²) in [6.45, 7) is 4.07. The van der Waals surface area contributed by atoms with Gasteiger partial charge in [0, 0.05) is 35.5 Å². The van der Waals surface area contributed by atoms with Crippen LogP contribution in [0.4, 0.5) is 0 Å². The maximum absolute atomic E-state index is 12.3. The van der Waals surface area contributed by atoms with Gasteiger partial charge >= 0.3 is 0 Å². The van der Waals surface area contributed by atoms with Crippen LogP contribution in [0.25, 0.3) is 10.9 Å². The number of fused-ring (bicyclic) bond motifs is 3. The molecule has 1 saturated heterocycles. The zero-order valence-corrected chi connectivity index (χ0v) is 16.5. The van der Waals surface area contributed by atoms with E-state index < -0.39 is 0 Å². The first-order valence-electron chi connectivity index (χ1n) is 9.76. The van der Waals surface area contributed by atoms with Crippen LogP contribution >= 0.6 is 11.6 Å². The summed E-state index contributed by atoms with van der Waals surface area (Å²) >= 11 is 6.31. The lowest BCUT2D eigenvalue weighted by Gasteiger charge is -2.26. The molecule has 0 saturated carbocycles. The number of carbonyl (C=O) groups excluding carboxylic acids is 1. The van der Waals surface area contributed by atoms with Crippen LogP contribution in [0.15, 0.2) is 12.1 Å². The molecule has 1 aromatic carbocycles. The molecule has 4 rings (SSSR count). The van der Waals surface area contributed by atoms with Gasteiger partial charge < -0.3 is 14.4 Å². The number of pyridine rings is 1. The van der Waals surface area contributed by atoms with E-state index in [-0.39, 0.29) is 5.78 Å². The van der Waals surface area contributed by atoms with E-state index in [2.05, 4.69) is 9.88 Å². The van der Waals surface area contributed by atoms with Crippen LogP contribution in [-0.2, 0) is 6.42 Å². The highest BCUT2D eigenvalue weighted by Crippen LogP contribution is 2.38. The van der Waals surface area contributed by atoms with Gasteiger partial charge in [0.15, 0.2) is 17.3 Å². The summed E-state index contributed by atoms with van der Waals surface area (Å²) in [5.41, 5.74) is 2.23. The minimum atomic E-state index is 0.122. The smallest absolute Gasteiger partial charge is 0.164 e. The monoisotopic (exact) mass is 388 g/mol. The predicted molar refractivity (Wildman–Crippen MR) is 106 cm³/mol. The highest BCUT2D eigenvalue weighted by atomic mass is 35.5. The van der Waals surface area contributed by atoms with Gasteiger partial charge in [0.05, 0.1) is 19.2 Å². The lowest BCUT2D eigenvalue weighted by Crippen LogP contribution is -2.31. The van der Waals surface area contributed by atoms with E-state index in [9.17, 15) is 4.79 Å². The number of ketones is 1. The predicted octanol–water partition coefficient (Wildman–Crippen LogP) is 4.28. The Kier molecular flexibility index (Phi) is 5.50. The number of carbonyl (C=O) groups is 1. The number of likely N-dealkylation sites (tertiary alicyclic amines) is 1. The molecule has 0 atom stereocenters. The Bertz CT molecular complexity index is 862. The Morgan fingerprint density at radius 3 is 2.74 bits per heavy atom. The van der Waals surface area contributed by atoms with Crippen molar-refractivity contribution in [1.82, 2.24) is 9.88 Å². The summed E-state index contributed by atoms with van der Waals surface area (Å²) in [5.74, 6) is 1.40. The molecule has 2 aromatic rings. The van der Waals surface area contributed by atoms with Crippen molar-refractivity contribution in [2.24, 2.45) is 0 Å². The van der Waals surface area contributed by atoms with Crippen molar-refractivity contribution in [3.05, 3.63) is 28.4 Å². The number of ether oxygens (including phenoxy) is 2. The lowest BCUT2D eigenvalue weighted by molar-refractivity contribution is 0.0996. The van der Waals surface area contributed by atoms with Crippen molar-refractivity contribution in [1.29, 1.82) is 0 Å². The zero-order valence-electron chi connectivity index (χ0n) is 15.7. The number of aromatic nitrogens is 1. The number of hydrogen-bond donors (Lipinski definition) is 0. The lowest BCUT2D eigenvalue weighted by atomic mass is 10.0. The largest absolute Gasteiger partial charge is 0.493 e. The van der Waals surface area contributed by atoms with E-state index in [4.69, 9.17) is 21.1 Å². The fourth-order valence-corrected chi connectivity index (χ4v) is 4.40. The van der Waals surface area contributed by atoms with E-state index in [0.717, 1.165) is 23.9 Å². The van der Waals surface area contributed by atoms with Crippen LogP contribution in [-0.4, -0.2) is 49.0 Å². The summed E-state index contributed by atoms with van der Waals surface area (Å²) in [6, 6.07) is 3.70. The fraction of sp³-hybridized carbons (Fsp3) is 0.524. The summed E-state index contributed by atoms with van der Waals surface area (Å²) in [7, 11) is 1.62. The second-order valence-electron chi connectivity index (χ2n) is 7.30. The average Bonchev–Trinajstić information content (AvgIpc) is 3.08. The number of nitrogens with zero attached hydrogens (tertiary/aromatic N) is 2. The van der Waals surface area contributed by atoms with E-state index in [1.54, 1.807) is 7.11 Å². The van der Waals surface area contributed by atoms with Crippen molar-refractivity contribution in [2.45, 2.75) is 38.5 Å². The topological polar surface area (TPSA) is 51.7 Å². The van der Waals surface area contributed by atoms with E-state index in [0.29, 0.717) is 47.2 Å². The molecule has 0 N–H and O–H groups in total. The third-order valence-corrected chi connectivity index (χ3v) is 5.84. The van der Waals surface area contributed by atoms with Crippen LogP contribution in [0.3, 0.4) is 0 Å². The van der Waals surface area contributed by atoms with E-state index in [1.165, 1.54) is 32.4 Å². The van der Waals surface area contributed by atoms with Gasteiger partial charge in [0.25, 0.3) is 0 Å². The van der Waals surface area contributed by atoms with Crippen LogP contribution in [0.2, 0.25) is 5.15 Å². The van der Waals surface area contributed by atoms with E-state index >= 15 is 0 Å². The van der Waals surface area contributed by atoms with Gasteiger partial charge in [0.1, 0.15) is 5.15 Å². The Hall–Kier alpha value is -1.85. The Morgan fingerprint density at radius 2 is 1.96 bits per heavy atom. The third-order valence-electron chi connectivity index (χ3n) is 5.53. The molecule has 0 amide bonds. The summed E-state index contributed by atoms with van der Waals surface area (Å²) in [5, 5.41) is 1.22. The molecule has 1 aliphatic heterocycles. The number of methoxy groups -OCH3 is 1. The second-order valence-corrected chi connectivity index (χ2v) is 7.66. The van der Waals surface area contributed by atoms with Crippen molar-refractivity contribution in [3.8, 4) is 11.5 Å². The van der Waals surface area contributed by atoms with Crippen LogP contribution < -0.4 is 9.47 Å². The Labute approximate surface area is 164 Å². The van der Waals surface area contributed by atoms with Crippen molar-refractivity contribution < 1.29 is 14.3 Å². The highest BCUT2D eigenvalue weighted by molar-refractivity contribution is 6.32. The van der Waals surface area contributed by atoms with Gasteiger partial charge in [-0.3, -0.25) is 4.79 Å². The molecular weight excluding hydrogens is 364 g/mol. The quantitative estimate of drug-likeness (QED) is 0.546. The summed E-state index contributed by atoms with van der Waals surface area (Å²) < 4.78 is 11.5. The molecule has 27 heavy (non-hydrogen) atoms. The van der Waals surface area contributed by atoms with Crippen molar-refractivity contribution in [2.75, 3.05) is 33.4 Å². The highest BCUT2D eigenvalue weighted by Gasteiger charge is 2.26. The molecule has 0 unspecified atom stereocenters. The van der Waals surface area contributed by atoms with Crippen LogP contribution in [0.5, 0.6) is 11.5 Å². The average molecular weight is 389 g/mol. The molecule has 5 nitrogen and oxygen atoms in total. The van der Waals surface area contributed by atoms with Gasteiger partial charge in [-0.05, 0) is 44.8 Å². The molecule has 0 bridgehead atoms. The molecule has 2 heterocycles. The zero-order chi connectivity index (χ0) is 18.8. The molecule has 2 aliphatic rings. The molecular formula is C21H25ClN2O3. The Morgan fingerprint density at radius 1 is 1.15 bits per heavy atom. The number of piperidine rings is 1. The normalized spacial score (nSPS) is 17.3. The number of rotatable bonds is 6. The molecule has 1 fully saturated rings. The summed E-state index contributed by atoms with van der Waals surface area (Å²) in [6.07, 6.45) is 6.07. The standard InChI is InChI=1S/C21H25ClN2O3/c1-26-18-12-15-16(23-21(22)14-6-7-17(25)20(14)15)13-19(18)27-11-5-10-24-8-3-2-4-9-24/h12-13H,2-11H2,1H3. The first kappa shape index (κ1) is 18.5. The molecule has 0 radical (unpaired) electrons. The van der Waals surface area contributed by atoms with E-state index in [1.807, 2.05) is 12.1 Å².